The Morgan fingerprint density at radius 1 is 1.09 bits per heavy atom. The number of aliphatic hydroxyl groups excluding tert-OH is 1. The predicted molar refractivity (Wildman–Crippen MR) is 112 cm³/mol. The number of nitrogens with zero attached hydrogens (tertiary/aromatic N) is 2. The molecule has 0 aliphatic carbocycles. The van der Waals surface area contributed by atoms with E-state index in [2.05, 4.69) is 0 Å². The molecule has 3 rings (SSSR count). The maximum absolute atomic E-state index is 12.9. The Labute approximate surface area is 182 Å². The van der Waals surface area contributed by atoms with Gasteiger partial charge in [0, 0.05) is 30.7 Å². The Morgan fingerprint density at radius 3 is 2.25 bits per heavy atom. The van der Waals surface area contributed by atoms with Crippen molar-refractivity contribution in [1.29, 1.82) is 0 Å². The number of carbonyl (C=O) groups is 3. The number of aliphatic carboxylic acids is 1. The molecule has 1 heterocycles. The summed E-state index contributed by atoms with van der Waals surface area (Å²) in [6.07, 6.45) is -0.0761. The van der Waals surface area contributed by atoms with E-state index < -0.39 is 34.4 Å². The number of aliphatic hydroxyl groups is 1. The third-order valence-corrected chi connectivity index (χ3v) is 5.11. The predicted octanol–water partition coefficient (Wildman–Crippen LogP) is 2.89. The van der Waals surface area contributed by atoms with Crippen LogP contribution < -0.4 is 4.74 Å². The van der Waals surface area contributed by atoms with Crippen LogP contribution in [0.15, 0.2) is 54.1 Å². The molecule has 0 saturated carbocycles. The minimum absolute atomic E-state index is 0.00931. The van der Waals surface area contributed by atoms with Gasteiger partial charge in [-0.1, -0.05) is 12.1 Å². The van der Waals surface area contributed by atoms with Gasteiger partial charge in [0.15, 0.2) is 0 Å². The molecule has 32 heavy (non-hydrogen) atoms. The molecule has 0 radical (unpaired) electrons. The van der Waals surface area contributed by atoms with Gasteiger partial charge in [0.25, 0.3) is 17.4 Å². The van der Waals surface area contributed by atoms with Gasteiger partial charge >= 0.3 is 5.97 Å². The van der Waals surface area contributed by atoms with E-state index in [1.54, 1.807) is 24.3 Å². The van der Waals surface area contributed by atoms with Crippen molar-refractivity contribution in [3.63, 3.8) is 0 Å². The number of ether oxygens (including phenoxy) is 1. The molecule has 2 aromatic carbocycles. The molecule has 1 amide bonds. The van der Waals surface area contributed by atoms with Crippen molar-refractivity contribution in [1.82, 2.24) is 4.90 Å². The highest BCUT2D eigenvalue weighted by molar-refractivity contribution is 6.46. The number of amides is 1. The summed E-state index contributed by atoms with van der Waals surface area (Å²) in [6.45, 7) is -0.00931. The molecule has 0 bridgehead atoms. The lowest BCUT2D eigenvalue weighted by atomic mass is 9.95. The SMILES string of the molecule is COc1ccc([C@@H]2/C(=C(\O)c3ccc([N+](=O)[O-])cc3)C(=O)C(=O)N2CCCC(=O)O)cc1. The summed E-state index contributed by atoms with van der Waals surface area (Å²) >= 11 is 0. The van der Waals surface area contributed by atoms with E-state index in [4.69, 9.17) is 9.84 Å². The summed E-state index contributed by atoms with van der Waals surface area (Å²) in [5.41, 5.74) is 0.285. The standard InChI is InChI=1S/C22H20N2O8/c1-32-16-10-6-13(7-11-16)19-18(20(27)14-4-8-15(9-5-14)24(30)31)21(28)22(29)23(19)12-2-3-17(25)26/h4-11,19,27H,2-3,12H2,1H3,(H,25,26)/b20-18+/t19-/m1/s1. The van der Waals surface area contributed by atoms with Crippen molar-refractivity contribution in [3.8, 4) is 5.75 Å². The van der Waals surface area contributed by atoms with Crippen molar-refractivity contribution in [2.24, 2.45) is 0 Å². The molecular formula is C22H20N2O8. The molecule has 2 N–H and O–H groups in total. The van der Waals surface area contributed by atoms with Crippen molar-refractivity contribution in [3.05, 3.63) is 75.3 Å². The number of rotatable bonds is 8. The third kappa shape index (κ3) is 4.43. The van der Waals surface area contributed by atoms with Crippen LogP contribution in [-0.2, 0) is 14.4 Å². The fourth-order valence-electron chi connectivity index (χ4n) is 3.54. The lowest BCUT2D eigenvalue weighted by Gasteiger charge is -2.25. The fourth-order valence-corrected chi connectivity index (χ4v) is 3.54. The first-order valence-corrected chi connectivity index (χ1v) is 9.63. The van der Waals surface area contributed by atoms with Gasteiger partial charge in [0.05, 0.1) is 23.6 Å². The molecule has 1 aliphatic rings. The van der Waals surface area contributed by atoms with Crippen LogP contribution in [0, 0.1) is 10.1 Å². The van der Waals surface area contributed by atoms with Crippen LogP contribution in [0.3, 0.4) is 0 Å². The van der Waals surface area contributed by atoms with Crippen LogP contribution in [0.25, 0.3) is 5.76 Å². The molecule has 1 aliphatic heterocycles. The van der Waals surface area contributed by atoms with E-state index in [9.17, 15) is 29.6 Å². The molecule has 0 unspecified atom stereocenters. The second kappa shape index (κ2) is 9.29. The summed E-state index contributed by atoms with van der Waals surface area (Å²) in [4.78, 5) is 48.0. The first-order chi connectivity index (χ1) is 15.2. The topological polar surface area (TPSA) is 147 Å². The highest BCUT2D eigenvalue weighted by Gasteiger charge is 2.45. The minimum atomic E-state index is -1.03. The van der Waals surface area contributed by atoms with Crippen LogP contribution in [0.2, 0.25) is 0 Å². The van der Waals surface area contributed by atoms with E-state index in [1.807, 2.05) is 0 Å². The molecule has 10 heteroatoms. The highest BCUT2D eigenvalue weighted by atomic mass is 16.6. The highest BCUT2D eigenvalue weighted by Crippen LogP contribution is 2.40. The number of carboxylic acid groups (broad SMARTS) is 1. The molecule has 1 atom stereocenters. The number of hydrogen-bond donors (Lipinski definition) is 2. The van der Waals surface area contributed by atoms with Gasteiger partial charge in [0.2, 0.25) is 0 Å². The van der Waals surface area contributed by atoms with Crippen LogP contribution in [0.5, 0.6) is 5.75 Å². The number of methoxy groups -OCH3 is 1. The lowest BCUT2D eigenvalue weighted by Crippen LogP contribution is -2.31. The summed E-state index contributed by atoms with van der Waals surface area (Å²) in [5.74, 6) is -2.74. The van der Waals surface area contributed by atoms with Gasteiger partial charge < -0.3 is 19.8 Å². The van der Waals surface area contributed by atoms with Gasteiger partial charge in [-0.2, -0.15) is 0 Å². The number of benzene rings is 2. The molecule has 2 aromatic rings. The van der Waals surface area contributed by atoms with Gasteiger partial charge in [-0.3, -0.25) is 24.5 Å². The summed E-state index contributed by atoms with van der Waals surface area (Å²) in [7, 11) is 1.49. The Bertz CT molecular complexity index is 1090. The summed E-state index contributed by atoms with van der Waals surface area (Å²) in [5, 5.41) is 30.7. The number of nitro benzene ring substituents is 1. The van der Waals surface area contributed by atoms with Crippen LogP contribution in [0.4, 0.5) is 5.69 Å². The number of nitro groups is 1. The molecule has 0 spiro atoms. The maximum atomic E-state index is 12.9. The Morgan fingerprint density at radius 2 is 1.72 bits per heavy atom. The van der Waals surface area contributed by atoms with Gasteiger partial charge in [-0.25, -0.2) is 0 Å². The average Bonchev–Trinajstić information content (AvgIpc) is 3.03. The molecule has 1 fully saturated rings. The first kappa shape index (κ1) is 22.5. The van der Waals surface area contributed by atoms with E-state index >= 15 is 0 Å². The van der Waals surface area contributed by atoms with Gasteiger partial charge in [-0.15, -0.1) is 0 Å². The molecule has 10 nitrogen and oxygen atoms in total. The van der Waals surface area contributed by atoms with E-state index in [-0.39, 0.29) is 36.2 Å². The number of hydrogen-bond acceptors (Lipinski definition) is 7. The summed E-state index contributed by atoms with van der Waals surface area (Å²) < 4.78 is 5.14. The number of likely N-dealkylation sites (tertiary alicyclic amines) is 1. The Kier molecular flexibility index (Phi) is 6.53. The number of non-ortho nitro benzene ring substituents is 1. The zero-order valence-electron chi connectivity index (χ0n) is 17.1. The largest absolute Gasteiger partial charge is 0.507 e. The number of ketones is 1. The van der Waals surface area contributed by atoms with Crippen LogP contribution in [0.1, 0.15) is 30.0 Å². The average molecular weight is 440 g/mol. The van der Waals surface area contributed by atoms with Crippen LogP contribution >= 0.6 is 0 Å². The Balaban J connectivity index is 2.08. The third-order valence-electron chi connectivity index (χ3n) is 5.11. The maximum Gasteiger partial charge on any atom is 0.303 e. The normalized spacial score (nSPS) is 17.4. The number of carboxylic acids is 1. The second-order valence-corrected chi connectivity index (χ2v) is 7.07. The van der Waals surface area contributed by atoms with Crippen LogP contribution in [-0.4, -0.2) is 51.4 Å². The van der Waals surface area contributed by atoms with Crippen molar-refractivity contribution < 1.29 is 34.3 Å². The lowest BCUT2D eigenvalue weighted by molar-refractivity contribution is -0.384. The monoisotopic (exact) mass is 440 g/mol. The van der Waals surface area contributed by atoms with Crippen molar-refractivity contribution >= 4 is 29.1 Å². The van der Waals surface area contributed by atoms with Gasteiger partial charge in [0.1, 0.15) is 11.5 Å². The number of carbonyl (C=O) groups excluding carboxylic acids is 2. The summed E-state index contributed by atoms with van der Waals surface area (Å²) in [6, 6.07) is 10.5. The van der Waals surface area contributed by atoms with E-state index in [0.29, 0.717) is 11.3 Å². The molecule has 1 saturated heterocycles. The molecule has 166 valence electrons. The molecular weight excluding hydrogens is 420 g/mol. The smallest absolute Gasteiger partial charge is 0.303 e. The Hall–Kier alpha value is -4.21. The van der Waals surface area contributed by atoms with E-state index in [0.717, 1.165) is 0 Å². The minimum Gasteiger partial charge on any atom is -0.507 e. The zero-order valence-corrected chi connectivity index (χ0v) is 17.1. The van der Waals surface area contributed by atoms with Crippen molar-refractivity contribution in [2.45, 2.75) is 18.9 Å². The number of Topliss-reactive ketones (excluding diaryl/α,β-unsaturated/α-hetero) is 1. The second-order valence-electron chi connectivity index (χ2n) is 7.07. The molecule has 0 aromatic heterocycles. The first-order valence-electron chi connectivity index (χ1n) is 9.63. The quantitative estimate of drug-likeness (QED) is 0.209. The zero-order chi connectivity index (χ0) is 23.4. The fraction of sp³-hybridized carbons (Fsp3) is 0.227. The van der Waals surface area contributed by atoms with E-state index in [1.165, 1.54) is 36.3 Å². The van der Waals surface area contributed by atoms with Gasteiger partial charge in [-0.05, 0) is 36.2 Å². The van der Waals surface area contributed by atoms with Crippen molar-refractivity contribution in [2.75, 3.05) is 13.7 Å².